The first-order valence-corrected chi connectivity index (χ1v) is 8.66. The van der Waals surface area contributed by atoms with Gasteiger partial charge in [0.2, 0.25) is 0 Å². The van der Waals surface area contributed by atoms with Gasteiger partial charge < -0.3 is 14.2 Å². The van der Waals surface area contributed by atoms with E-state index in [1.54, 1.807) is 27.7 Å². The van der Waals surface area contributed by atoms with E-state index >= 15 is 0 Å². The van der Waals surface area contributed by atoms with Crippen LogP contribution in [-0.4, -0.2) is 52.7 Å². The van der Waals surface area contributed by atoms with Crippen LogP contribution in [0.15, 0.2) is 0 Å². The summed E-state index contributed by atoms with van der Waals surface area (Å²) >= 11 is 6.30. The maximum absolute atomic E-state index is 12.2. The van der Waals surface area contributed by atoms with E-state index in [0.717, 1.165) is 0 Å². The van der Waals surface area contributed by atoms with Gasteiger partial charge in [-0.1, -0.05) is 31.9 Å². The van der Waals surface area contributed by atoms with Gasteiger partial charge in [-0.2, -0.15) is 0 Å². The number of halogens is 2. The number of aldehydes is 1. The molecule has 0 heterocycles. The molecular weight excluding hydrogens is 452 g/mol. The second-order valence-corrected chi connectivity index (χ2v) is 10.4. The van der Waals surface area contributed by atoms with Gasteiger partial charge in [0.05, 0.1) is 0 Å². The largest absolute Gasteiger partial charge is 0.463 e. The van der Waals surface area contributed by atoms with Gasteiger partial charge in [0.15, 0.2) is 6.29 Å². The highest BCUT2D eigenvalue weighted by Gasteiger charge is 2.41. The number of carbonyl (C=O) groups is 4. The van der Waals surface area contributed by atoms with Crippen molar-refractivity contribution in [2.45, 2.75) is 43.3 Å². The van der Waals surface area contributed by atoms with Crippen LogP contribution in [-0.2, 0) is 33.4 Å². The number of esters is 3. The van der Waals surface area contributed by atoms with Crippen molar-refractivity contribution in [2.24, 2.45) is 5.41 Å². The van der Waals surface area contributed by atoms with E-state index in [2.05, 4.69) is 31.9 Å². The molecular formula is C15H22Br2O7. The third-order valence-electron chi connectivity index (χ3n) is 2.79. The lowest BCUT2D eigenvalue weighted by atomic mass is 9.93. The van der Waals surface area contributed by atoms with Crippen molar-refractivity contribution in [3.8, 4) is 0 Å². The third-order valence-corrected chi connectivity index (χ3v) is 3.44. The number of hydrogen-bond donors (Lipinski definition) is 0. The molecule has 0 bridgehead atoms. The predicted molar refractivity (Wildman–Crippen MR) is 93.1 cm³/mol. The molecule has 0 aromatic heterocycles. The summed E-state index contributed by atoms with van der Waals surface area (Å²) in [6, 6.07) is 0. The third kappa shape index (κ3) is 7.74. The van der Waals surface area contributed by atoms with Crippen LogP contribution in [0, 0.1) is 5.41 Å². The SMILES string of the molecule is CC(C)(Br)C(=O)OCC(C)(COC(=O)C(C)(C)Br)C(=O)OCC=O. The number of alkyl halides is 2. The topological polar surface area (TPSA) is 96.0 Å². The van der Waals surface area contributed by atoms with Crippen LogP contribution < -0.4 is 0 Å². The fourth-order valence-electron chi connectivity index (χ4n) is 1.24. The fraction of sp³-hybridized carbons (Fsp3) is 0.733. The van der Waals surface area contributed by atoms with Gasteiger partial charge in [0.1, 0.15) is 33.9 Å². The molecule has 0 spiro atoms. The molecule has 0 aliphatic heterocycles. The zero-order valence-electron chi connectivity index (χ0n) is 14.3. The molecule has 0 unspecified atom stereocenters. The normalized spacial score (nSPS) is 12.3. The number of rotatable bonds is 9. The van der Waals surface area contributed by atoms with Gasteiger partial charge in [0.25, 0.3) is 0 Å². The van der Waals surface area contributed by atoms with E-state index in [1.807, 2.05) is 0 Å². The quantitative estimate of drug-likeness (QED) is 0.219. The van der Waals surface area contributed by atoms with Crippen LogP contribution in [0.2, 0.25) is 0 Å². The molecule has 0 aliphatic carbocycles. The molecule has 0 atom stereocenters. The Bertz CT molecular complexity index is 459. The Kier molecular flexibility index (Phi) is 8.58. The second kappa shape index (κ2) is 8.94. The van der Waals surface area contributed by atoms with Gasteiger partial charge in [0, 0.05) is 0 Å². The Labute approximate surface area is 158 Å². The Morgan fingerprint density at radius 2 is 1.17 bits per heavy atom. The first-order chi connectivity index (χ1) is 10.7. The van der Waals surface area contributed by atoms with Gasteiger partial charge in [-0.25, -0.2) is 0 Å². The van der Waals surface area contributed by atoms with Crippen LogP contribution in [0.3, 0.4) is 0 Å². The Morgan fingerprint density at radius 1 is 0.792 bits per heavy atom. The van der Waals surface area contributed by atoms with Crippen LogP contribution >= 0.6 is 31.9 Å². The fourth-order valence-corrected chi connectivity index (χ4v) is 1.47. The minimum Gasteiger partial charge on any atom is -0.463 e. The molecule has 138 valence electrons. The lowest BCUT2D eigenvalue weighted by Gasteiger charge is -2.28. The van der Waals surface area contributed by atoms with Gasteiger partial charge >= 0.3 is 17.9 Å². The molecule has 24 heavy (non-hydrogen) atoms. The van der Waals surface area contributed by atoms with Crippen LogP contribution in [0.25, 0.3) is 0 Å². The summed E-state index contributed by atoms with van der Waals surface area (Å²) < 4.78 is 13.1. The number of hydrogen-bond acceptors (Lipinski definition) is 7. The highest BCUT2D eigenvalue weighted by atomic mass is 79.9. The van der Waals surface area contributed by atoms with Crippen molar-refractivity contribution in [1.82, 2.24) is 0 Å². The molecule has 9 heteroatoms. The van der Waals surface area contributed by atoms with Crippen molar-refractivity contribution < 1.29 is 33.4 Å². The minimum atomic E-state index is -1.44. The summed E-state index contributed by atoms with van der Waals surface area (Å²) in [5.74, 6) is -2.00. The van der Waals surface area contributed by atoms with Crippen LogP contribution in [0.5, 0.6) is 0 Å². The molecule has 0 aromatic carbocycles. The van der Waals surface area contributed by atoms with Gasteiger partial charge in [-0.15, -0.1) is 0 Å². The van der Waals surface area contributed by atoms with E-state index in [9.17, 15) is 19.2 Å². The molecule has 7 nitrogen and oxygen atoms in total. The van der Waals surface area contributed by atoms with Gasteiger partial charge in [-0.3, -0.25) is 19.2 Å². The van der Waals surface area contributed by atoms with Crippen molar-refractivity contribution in [3.05, 3.63) is 0 Å². The highest BCUT2D eigenvalue weighted by Crippen LogP contribution is 2.25. The summed E-state index contributed by atoms with van der Waals surface area (Å²) in [6.07, 6.45) is 0.416. The highest BCUT2D eigenvalue weighted by molar-refractivity contribution is 9.10. The zero-order chi connectivity index (χ0) is 19.2. The monoisotopic (exact) mass is 472 g/mol. The molecule has 0 saturated heterocycles. The average Bonchev–Trinajstić information content (AvgIpc) is 2.45. The predicted octanol–water partition coefficient (Wildman–Crippen LogP) is 2.17. The minimum absolute atomic E-state index is 0.367. The summed E-state index contributed by atoms with van der Waals surface area (Å²) in [6.45, 7) is 6.60. The summed E-state index contributed by atoms with van der Waals surface area (Å²) in [5, 5.41) is 0. The lowest BCUT2D eigenvalue weighted by Crippen LogP contribution is -2.43. The van der Waals surface area contributed by atoms with Gasteiger partial charge in [-0.05, 0) is 34.6 Å². The first-order valence-electron chi connectivity index (χ1n) is 7.07. The van der Waals surface area contributed by atoms with Crippen molar-refractivity contribution >= 4 is 56.1 Å². The van der Waals surface area contributed by atoms with E-state index in [1.165, 1.54) is 6.92 Å². The Morgan fingerprint density at radius 3 is 1.46 bits per heavy atom. The van der Waals surface area contributed by atoms with Crippen LogP contribution in [0.1, 0.15) is 34.6 Å². The number of carbonyl (C=O) groups excluding carboxylic acids is 4. The van der Waals surface area contributed by atoms with E-state index < -0.39 is 38.6 Å². The maximum Gasteiger partial charge on any atom is 0.322 e. The molecule has 0 aliphatic rings. The van der Waals surface area contributed by atoms with Crippen molar-refractivity contribution in [1.29, 1.82) is 0 Å². The Hall–Kier alpha value is -0.960. The smallest absolute Gasteiger partial charge is 0.322 e. The van der Waals surface area contributed by atoms with Crippen molar-refractivity contribution in [2.75, 3.05) is 19.8 Å². The lowest BCUT2D eigenvalue weighted by molar-refractivity contribution is -0.171. The molecule has 0 saturated carbocycles. The molecule has 0 rings (SSSR count). The average molecular weight is 474 g/mol. The van der Waals surface area contributed by atoms with E-state index in [-0.39, 0.29) is 13.2 Å². The van der Waals surface area contributed by atoms with E-state index in [0.29, 0.717) is 6.29 Å². The summed E-state index contributed by atoms with van der Waals surface area (Å²) in [5.41, 5.74) is -1.44. The van der Waals surface area contributed by atoms with E-state index in [4.69, 9.17) is 14.2 Å². The standard InChI is InChI=1S/C15H22Br2O7/c1-13(2,16)10(19)23-8-15(5,12(21)22-7-6-18)9-24-11(20)14(3,4)17/h6H,7-9H2,1-5H3. The molecule has 0 amide bonds. The summed E-state index contributed by atoms with van der Waals surface area (Å²) in [4.78, 5) is 46.2. The zero-order valence-corrected chi connectivity index (χ0v) is 17.5. The first kappa shape index (κ1) is 23.0. The van der Waals surface area contributed by atoms with Crippen LogP contribution in [0.4, 0.5) is 0 Å². The molecule has 0 N–H and O–H groups in total. The maximum atomic E-state index is 12.2. The molecule has 0 aromatic rings. The summed E-state index contributed by atoms with van der Waals surface area (Å²) in [7, 11) is 0. The number of ether oxygens (including phenoxy) is 3. The second-order valence-electron chi connectivity index (χ2n) is 6.42. The Balaban J connectivity index is 5.08. The molecule has 0 fully saturated rings. The molecule has 0 radical (unpaired) electrons. The van der Waals surface area contributed by atoms with Crippen molar-refractivity contribution in [3.63, 3.8) is 0 Å².